The molecule has 43 heavy (non-hydrogen) atoms. The molecule has 220 valence electrons. The van der Waals surface area contributed by atoms with Crippen molar-refractivity contribution in [2.75, 3.05) is 0 Å². The van der Waals surface area contributed by atoms with E-state index in [1.54, 1.807) is 22.3 Å². The van der Waals surface area contributed by atoms with Crippen LogP contribution in [0.4, 0.5) is 0 Å². The molecule has 2 atom stereocenters. The molecular formula is C40H42Cl2Hf. The van der Waals surface area contributed by atoms with Crippen molar-refractivity contribution in [1.29, 1.82) is 0 Å². The number of allylic oxidation sites excluding steroid dienone is 2. The Kier molecular flexibility index (Phi) is 9.77. The van der Waals surface area contributed by atoms with Crippen LogP contribution in [0.5, 0.6) is 0 Å². The second-order valence-corrected chi connectivity index (χ2v) is 30.2. The van der Waals surface area contributed by atoms with Gasteiger partial charge in [0.05, 0.1) is 0 Å². The Morgan fingerprint density at radius 3 is 1.28 bits per heavy atom. The van der Waals surface area contributed by atoms with Gasteiger partial charge in [0.2, 0.25) is 0 Å². The van der Waals surface area contributed by atoms with Gasteiger partial charge in [-0.25, -0.2) is 0 Å². The third kappa shape index (κ3) is 5.83. The van der Waals surface area contributed by atoms with Crippen molar-refractivity contribution in [2.24, 2.45) is 11.8 Å². The van der Waals surface area contributed by atoms with Crippen molar-refractivity contribution in [3.8, 4) is 22.3 Å². The fourth-order valence-electron chi connectivity index (χ4n) is 8.21. The molecule has 3 aliphatic rings. The van der Waals surface area contributed by atoms with Crippen LogP contribution in [-0.2, 0) is 20.0 Å². The third-order valence-corrected chi connectivity index (χ3v) is 28.8. The Morgan fingerprint density at radius 1 is 0.535 bits per heavy atom. The van der Waals surface area contributed by atoms with Gasteiger partial charge in [-0.1, -0.05) is 0 Å². The molecule has 1 heterocycles. The van der Waals surface area contributed by atoms with E-state index in [-0.39, 0.29) is 24.8 Å². The number of benzene rings is 4. The van der Waals surface area contributed by atoms with Crippen LogP contribution in [0.3, 0.4) is 0 Å². The maximum absolute atomic E-state index is 2.93. The van der Waals surface area contributed by atoms with E-state index in [9.17, 15) is 0 Å². The van der Waals surface area contributed by atoms with Crippen molar-refractivity contribution in [3.63, 3.8) is 0 Å². The van der Waals surface area contributed by atoms with E-state index < -0.39 is 20.0 Å². The van der Waals surface area contributed by atoms with Gasteiger partial charge in [0.15, 0.2) is 0 Å². The summed E-state index contributed by atoms with van der Waals surface area (Å²) < 4.78 is 4.46. The van der Waals surface area contributed by atoms with E-state index in [0.29, 0.717) is 19.2 Å². The summed E-state index contributed by atoms with van der Waals surface area (Å²) in [5.41, 5.74) is 15.4. The van der Waals surface area contributed by atoms with Crippen LogP contribution < -0.4 is 24.8 Å². The zero-order chi connectivity index (χ0) is 28.1. The second kappa shape index (κ2) is 13.0. The van der Waals surface area contributed by atoms with Gasteiger partial charge in [-0.15, -0.1) is 0 Å². The average molecular weight is 772 g/mol. The van der Waals surface area contributed by atoms with Crippen LogP contribution >= 0.6 is 0 Å². The molecule has 0 saturated carbocycles. The van der Waals surface area contributed by atoms with Crippen molar-refractivity contribution in [1.82, 2.24) is 0 Å². The minimum absolute atomic E-state index is 0. The van der Waals surface area contributed by atoms with Gasteiger partial charge < -0.3 is 24.8 Å². The standard InChI is InChI=1S/2C19H19.C2H4.2ClH.Hf/c2*1-14(2)11-15-12-17-9-6-10-18(19(17)13-15)16-7-4-3-5-8-16;1-2;;;/h2*3-10,12-14H,11H2,1-2H3;1-2H2;2*1H;/q;;;;;+2/p-2. The molecule has 0 amide bonds. The van der Waals surface area contributed by atoms with Gasteiger partial charge in [-0.2, -0.15) is 0 Å². The molecule has 1 fully saturated rings. The van der Waals surface area contributed by atoms with E-state index in [0.717, 1.165) is 0 Å². The fraction of sp³-hybridized carbons (Fsp3) is 0.300. The van der Waals surface area contributed by atoms with Crippen molar-refractivity contribution < 1.29 is 44.8 Å². The van der Waals surface area contributed by atoms with Crippen molar-refractivity contribution in [2.45, 2.75) is 56.2 Å². The summed E-state index contributed by atoms with van der Waals surface area (Å²) in [4.78, 5) is 0. The molecule has 2 unspecified atom stereocenters. The maximum atomic E-state index is 2.66. The number of halogens is 2. The second-order valence-electron chi connectivity index (χ2n) is 13.6. The molecule has 1 aliphatic heterocycles. The number of fused-ring (bicyclic) bond motifs is 2. The summed E-state index contributed by atoms with van der Waals surface area (Å²) in [5.74, 6) is 1.35. The summed E-state index contributed by atoms with van der Waals surface area (Å²) in [6.45, 7) is 9.65. The molecule has 3 heteroatoms. The third-order valence-electron chi connectivity index (χ3n) is 9.74. The van der Waals surface area contributed by atoms with E-state index in [2.05, 4.69) is 137 Å². The van der Waals surface area contributed by atoms with E-state index in [1.807, 2.05) is 0 Å². The van der Waals surface area contributed by atoms with Gasteiger partial charge >= 0.3 is 253 Å². The largest absolute Gasteiger partial charge is 1.00 e. The molecule has 0 aromatic heterocycles. The summed E-state index contributed by atoms with van der Waals surface area (Å²) >= 11 is -2.93. The first-order valence-electron chi connectivity index (χ1n) is 15.7. The minimum Gasteiger partial charge on any atom is -1.00 e. The smallest absolute Gasteiger partial charge is 1.00 e. The summed E-state index contributed by atoms with van der Waals surface area (Å²) in [7, 11) is 0. The molecule has 4 aromatic rings. The first kappa shape index (κ1) is 32.2. The van der Waals surface area contributed by atoms with Crippen LogP contribution in [0.1, 0.15) is 70.1 Å². The molecule has 0 spiro atoms. The molecule has 4 aromatic carbocycles. The average Bonchev–Trinajstić information content (AvgIpc) is 3.53. The van der Waals surface area contributed by atoms with Crippen LogP contribution in [0.15, 0.2) is 108 Å². The topological polar surface area (TPSA) is 0 Å². The van der Waals surface area contributed by atoms with Gasteiger partial charge in [-0.3, -0.25) is 0 Å². The molecule has 0 N–H and O–H groups in total. The van der Waals surface area contributed by atoms with Crippen LogP contribution in [0.25, 0.3) is 34.4 Å². The van der Waals surface area contributed by atoms with Gasteiger partial charge in [0, 0.05) is 0 Å². The molecule has 0 bridgehead atoms. The van der Waals surface area contributed by atoms with E-state index in [4.69, 9.17) is 0 Å². The summed E-state index contributed by atoms with van der Waals surface area (Å²) in [5, 5.41) is 0. The summed E-state index contributed by atoms with van der Waals surface area (Å²) in [6.07, 6.45) is 7.76. The Bertz CT molecular complexity index is 1520. The molecule has 0 nitrogen and oxygen atoms in total. The zero-order valence-corrected chi connectivity index (χ0v) is 30.9. The van der Waals surface area contributed by atoms with Crippen LogP contribution in [-0.4, -0.2) is 0 Å². The molecular weight excluding hydrogens is 730 g/mol. The number of rotatable bonds is 8. The first-order valence-corrected chi connectivity index (χ1v) is 25.0. The van der Waals surface area contributed by atoms with Crippen LogP contribution in [0, 0.1) is 11.8 Å². The quantitative estimate of drug-likeness (QED) is 0.202. The van der Waals surface area contributed by atoms with Crippen molar-refractivity contribution >= 4 is 12.2 Å². The first-order chi connectivity index (χ1) is 20.0. The fourth-order valence-corrected chi connectivity index (χ4v) is 36.1. The molecule has 0 radical (unpaired) electrons. The predicted molar refractivity (Wildman–Crippen MR) is 174 cm³/mol. The Labute approximate surface area is 275 Å². The SMILES string of the molecule is CC(C)CC1=Cc2c(-c3ccccc3)cccc2[CH]1[Hf+2]1([CH]2C(CC(C)C)=Cc3c(-c4ccccc4)cccc32)[CH2][CH2]1.[Cl-].[Cl-]. The number of hydrogen-bond acceptors (Lipinski definition) is 0. The molecule has 7 rings (SSSR count). The van der Waals surface area contributed by atoms with Crippen LogP contribution in [0.2, 0.25) is 8.35 Å². The maximum Gasteiger partial charge on any atom is -1.00 e. The monoisotopic (exact) mass is 772 g/mol. The van der Waals surface area contributed by atoms with Crippen molar-refractivity contribution in [3.05, 3.63) is 130 Å². The molecule has 1 saturated heterocycles. The predicted octanol–water partition coefficient (Wildman–Crippen LogP) is 5.70. The Hall–Kier alpha value is -2.19. The summed E-state index contributed by atoms with van der Waals surface area (Å²) in [6, 6.07) is 36.6. The Balaban J connectivity index is 0.00000184. The van der Waals surface area contributed by atoms with E-state index in [1.165, 1.54) is 54.6 Å². The normalized spacial score (nSPS) is 18.5. The number of hydrogen-bond donors (Lipinski definition) is 0. The van der Waals surface area contributed by atoms with Gasteiger partial charge in [0.1, 0.15) is 0 Å². The minimum atomic E-state index is -2.93. The zero-order valence-electron chi connectivity index (χ0n) is 25.8. The molecule has 2 aliphatic carbocycles. The van der Waals surface area contributed by atoms with Gasteiger partial charge in [0.25, 0.3) is 0 Å². The van der Waals surface area contributed by atoms with E-state index >= 15 is 0 Å². The van der Waals surface area contributed by atoms with Gasteiger partial charge in [-0.05, 0) is 0 Å². The Morgan fingerprint density at radius 2 is 0.930 bits per heavy atom.